The number of hydrogen-bond acceptors (Lipinski definition) is 5. The monoisotopic (exact) mass is 324 g/mol. The van der Waals surface area contributed by atoms with Crippen molar-refractivity contribution in [2.45, 2.75) is 33.9 Å². The second-order valence-electron chi connectivity index (χ2n) is 5.73. The summed E-state index contributed by atoms with van der Waals surface area (Å²) in [5, 5.41) is 12.6. The molecule has 0 unspecified atom stereocenters. The average molecular weight is 324 g/mol. The highest BCUT2D eigenvalue weighted by atomic mass is 16.6. The molecule has 0 bridgehead atoms. The number of aryl methyl sites for hydroxylation is 2. The third-order valence-electron chi connectivity index (χ3n) is 3.54. The van der Waals surface area contributed by atoms with Gasteiger partial charge >= 0.3 is 0 Å². The van der Waals surface area contributed by atoms with Crippen molar-refractivity contribution in [2.75, 3.05) is 0 Å². The van der Waals surface area contributed by atoms with Crippen LogP contribution >= 0.6 is 0 Å². The maximum Gasteiger partial charge on any atom is 0.177 e. The quantitative estimate of drug-likeness (QED) is 0.512. The summed E-state index contributed by atoms with van der Waals surface area (Å²) in [6.45, 7) is 6.75. The summed E-state index contributed by atoms with van der Waals surface area (Å²) in [5.41, 5.74) is 4.74. The molecule has 2 heterocycles. The molecule has 0 aliphatic rings. The van der Waals surface area contributed by atoms with Crippen LogP contribution in [0.3, 0.4) is 0 Å². The maximum atomic E-state index is 5.36. The van der Waals surface area contributed by atoms with E-state index in [9.17, 15) is 0 Å². The number of hydrogen-bond donors (Lipinski definition) is 0. The zero-order valence-corrected chi connectivity index (χ0v) is 14.1. The van der Waals surface area contributed by atoms with Crippen LogP contribution in [0.25, 0.3) is 11.3 Å². The SMILES string of the molecule is C/C(Cn1nc(C)cc1C)=N\OCc1cc(-c2ccccc2)no1. The van der Waals surface area contributed by atoms with Crippen molar-refractivity contribution in [1.82, 2.24) is 14.9 Å². The Morgan fingerprint density at radius 2 is 2.00 bits per heavy atom. The van der Waals surface area contributed by atoms with E-state index in [4.69, 9.17) is 9.36 Å². The van der Waals surface area contributed by atoms with Crippen molar-refractivity contribution in [3.8, 4) is 11.3 Å². The van der Waals surface area contributed by atoms with Crippen LogP contribution in [-0.2, 0) is 18.0 Å². The minimum Gasteiger partial charge on any atom is -0.387 e. The van der Waals surface area contributed by atoms with Gasteiger partial charge in [-0.15, -0.1) is 0 Å². The van der Waals surface area contributed by atoms with E-state index in [1.165, 1.54) is 0 Å². The first-order chi connectivity index (χ1) is 11.6. The summed E-state index contributed by atoms with van der Waals surface area (Å²) in [6.07, 6.45) is 0. The molecule has 3 aromatic rings. The molecule has 124 valence electrons. The minimum absolute atomic E-state index is 0.244. The lowest BCUT2D eigenvalue weighted by atomic mass is 10.1. The highest BCUT2D eigenvalue weighted by Gasteiger charge is 2.07. The number of benzene rings is 1. The summed E-state index contributed by atoms with van der Waals surface area (Å²) in [4.78, 5) is 5.36. The van der Waals surface area contributed by atoms with Crippen LogP contribution in [0, 0.1) is 13.8 Å². The van der Waals surface area contributed by atoms with Gasteiger partial charge in [-0.3, -0.25) is 4.68 Å². The molecule has 0 fully saturated rings. The Labute approximate surface area is 140 Å². The Morgan fingerprint density at radius 3 is 2.71 bits per heavy atom. The Kier molecular flexibility index (Phi) is 4.74. The maximum absolute atomic E-state index is 5.36. The molecule has 1 aromatic carbocycles. The second kappa shape index (κ2) is 7.12. The standard InChI is InChI=1S/C18H20N4O2/c1-13-9-15(3)22(19-13)11-14(2)20-23-12-17-10-18(21-24-17)16-7-5-4-6-8-16/h4-10H,11-12H2,1-3H3/b20-14+. The molecule has 3 rings (SSSR count). The van der Waals surface area contributed by atoms with E-state index in [-0.39, 0.29) is 6.61 Å². The van der Waals surface area contributed by atoms with Gasteiger partial charge < -0.3 is 9.36 Å². The van der Waals surface area contributed by atoms with Crippen LogP contribution in [0.1, 0.15) is 24.1 Å². The molecule has 0 amide bonds. The molecule has 0 radical (unpaired) electrons. The topological polar surface area (TPSA) is 65.4 Å². The van der Waals surface area contributed by atoms with Gasteiger partial charge in [0.2, 0.25) is 0 Å². The summed E-state index contributed by atoms with van der Waals surface area (Å²) >= 11 is 0. The molecule has 6 heteroatoms. The molecular formula is C18H20N4O2. The number of rotatable bonds is 6. The van der Waals surface area contributed by atoms with Crippen molar-refractivity contribution in [3.63, 3.8) is 0 Å². The first-order valence-electron chi connectivity index (χ1n) is 7.79. The number of nitrogens with zero attached hydrogens (tertiary/aromatic N) is 4. The summed E-state index contributed by atoms with van der Waals surface area (Å²) in [6, 6.07) is 13.8. The van der Waals surface area contributed by atoms with Crippen LogP contribution in [0.15, 0.2) is 52.1 Å². The highest BCUT2D eigenvalue weighted by Crippen LogP contribution is 2.18. The lowest BCUT2D eigenvalue weighted by Gasteiger charge is -2.03. The smallest absolute Gasteiger partial charge is 0.177 e. The molecular weight excluding hydrogens is 304 g/mol. The molecule has 0 saturated heterocycles. The Bertz CT molecular complexity index is 834. The average Bonchev–Trinajstić information content (AvgIpc) is 3.15. The van der Waals surface area contributed by atoms with Crippen molar-refractivity contribution in [3.05, 3.63) is 59.6 Å². The minimum atomic E-state index is 0.244. The van der Waals surface area contributed by atoms with E-state index in [0.29, 0.717) is 12.3 Å². The van der Waals surface area contributed by atoms with Crippen LogP contribution in [0.5, 0.6) is 0 Å². The number of oxime groups is 1. The first kappa shape index (κ1) is 16.0. The van der Waals surface area contributed by atoms with Gasteiger partial charge in [-0.25, -0.2) is 0 Å². The van der Waals surface area contributed by atoms with Crippen molar-refractivity contribution in [1.29, 1.82) is 0 Å². The predicted octanol–water partition coefficient (Wildman–Crippen LogP) is 3.75. The molecule has 0 aliphatic heterocycles. The van der Waals surface area contributed by atoms with Crippen molar-refractivity contribution >= 4 is 5.71 Å². The Morgan fingerprint density at radius 1 is 1.21 bits per heavy atom. The van der Waals surface area contributed by atoms with E-state index in [1.54, 1.807) is 0 Å². The van der Waals surface area contributed by atoms with Gasteiger partial charge in [-0.2, -0.15) is 5.10 Å². The highest BCUT2D eigenvalue weighted by molar-refractivity contribution is 5.81. The fourth-order valence-corrected chi connectivity index (χ4v) is 2.41. The van der Waals surface area contributed by atoms with E-state index in [2.05, 4.69) is 15.4 Å². The summed E-state index contributed by atoms with van der Waals surface area (Å²) in [7, 11) is 0. The van der Waals surface area contributed by atoms with Gasteiger partial charge in [0.1, 0.15) is 5.69 Å². The molecule has 0 atom stereocenters. The van der Waals surface area contributed by atoms with Crippen molar-refractivity contribution in [2.24, 2.45) is 5.16 Å². The zero-order chi connectivity index (χ0) is 16.9. The predicted molar refractivity (Wildman–Crippen MR) is 91.5 cm³/mol. The molecule has 0 aliphatic carbocycles. The summed E-state index contributed by atoms with van der Waals surface area (Å²) in [5.74, 6) is 0.636. The van der Waals surface area contributed by atoms with Gasteiger partial charge in [0, 0.05) is 17.3 Å². The molecule has 0 spiro atoms. The van der Waals surface area contributed by atoms with Crippen LogP contribution in [0.2, 0.25) is 0 Å². The van der Waals surface area contributed by atoms with Gasteiger partial charge in [0.05, 0.1) is 18.0 Å². The van der Waals surface area contributed by atoms with E-state index in [0.717, 1.165) is 28.4 Å². The third kappa shape index (κ3) is 3.90. The molecule has 24 heavy (non-hydrogen) atoms. The Balaban J connectivity index is 1.56. The first-order valence-corrected chi connectivity index (χ1v) is 7.79. The van der Waals surface area contributed by atoms with Gasteiger partial charge in [-0.05, 0) is 26.8 Å². The fourth-order valence-electron chi connectivity index (χ4n) is 2.41. The van der Waals surface area contributed by atoms with E-state index >= 15 is 0 Å². The van der Waals surface area contributed by atoms with Gasteiger partial charge in [0.15, 0.2) is 12.4 Å². The van der Waals surface area contributed by atoms with Gasteiger partial charge in [0.25, 0.3) is 0 Å². The zero-order valence-electron chi connectivity index (χ0n) is 14.1. The van der Waals surface area contributed by atoms with Gasteiger partial charge in [-0.1, -0.05) is 40.6 Å². The Hall–Kier alpha value is -2.89. The fraction of sp³-hybridized carbons (Fsp3) is 0.278. The molecule has 0 saturated carbocycles. The summed E-state index contributed by atoms with van der Waals surface area (Å²) < 4.78 is 7.18. The van der Waals surface area contributed by atoms with Crippen LogP contribution < -0.4 is 0 Å². The molecule has 6 nitrogen and oxygen atoms in total. The lowest BCUT2D eigenvalue weighted by molar-refractivity contribution is 0.108. The third-order valence-corrected chi connectivity index (χ3v) is 3.54. The molecule has 2 aromatic heterocycles. The largest absolute Gasteiger partial charge is 0.387 e. The number of aromatic nitrogens is 3. The van der Waals surface area contributed by atoms with Crippen molar-refractivity contribution < 1.29 is 9.36 Å². The normalized spacial score (nSPS) is 11.7. The van der Waals surface area contributed by atoms with E-state index in [1.807, 2.05) is 67.9 Å². The second-order valence-corrected chi connectivity index (χ2v) is 5.73. The van der Waals surface area contributed by atoms with Crippen LogP contribution in [-0.4, -0.2) is 20.6 Å². The van der Waals surface area contributed by atoms with Crippen LogP contribution in [0.4, 0.5) is 0 Å². The molecule has 0 N–H and O–H groups in total. The van der Waals surface area contributed by atoms with E-state index < -0.39 is 0 Å². The lowest BCUT2D eigenvalue weighted by Crippen LogP contribution is -2.10.